The first-order chi connectivity index (χ1) is 5.88. The van der Waals surface area contributed by atoms with Crippen molar-refractivity contribution < 1.29 is 0 Å². The number of likely N-dealkylation sites (tertiary alicyclic amines) is 1. The smallest absolute Gasteiger partial charge is 0.0926 e. The number of hydrogen-bond donors (Lipinski definition) is 0. The van der Waals surface area contributed by atoms with E-state index in [2.05, 4.69) is 26.9 Å². The molecule has 1 fully saturated rings. The zero-order valence-electron chi connectivity index (χ0n) is 7.23. The van der Waals surface area contributed by atoms with E-state index in [4.69, 9.17) is 0 Å². The van der Waals surface area contributed by atoms with Crippen LogP contribution in [0.25, 0.3) is 0 Å². The van der Waals surface area contributed by atoms with Crippen LogP contribution in [-0.4, -0.2) is 28.1 Å². The molecule has 0 aliphatic carbocycles. The molecule has 1 aromatic heterocycles. The Balaban J connectivity index is 2.11. The number of aromatic nitrogens is 2. The second kappa shape index (κ2) is 3.49. The number of piperidine rings is 1. The molecular weight excluding hydrogens is 170 g/mol. The Hall–Kier alpha value is -0.480. The Morgan fingerprint density at radius 1 is 1.58 bits per heavy atom. The molecule has 12 heavy (non-hydrogen) atoms. The van der Waals surface area contributed by atoms with Gasteiger partial charge in [-0.2, -0.15) is 0 Å². The highest BCUT2D eigenvalue weighted by molar-refractivity contribution is 7.03. The van der Waals surface area contributed by atoms with Crippen molar-refractivity contribution in [1.82, 2.24) is 14.5 Å². The third kappa shape index (κ3) is 1.49. The third-order valence-electron chi connectivity index (χ3n) is 2.49. The van der Waals surface area contributed by atoms with E-state index in [0.717, 1.165) is 5.69 Å². The van der Waals surface area contributed by atoms with Crippen LogP contribution in [0, 0.1) is 0 Å². The molecule has 1 atom stereocenters. The van der Waals surface area contributed by atoms with Crippen LogP contribution in [0.15, 0.2) is 5.38 Å². The predicted molar refractivity (Wildman–Crippen MR) is 49.1 cm³/mol. The Kier molecular flexibility index (Phi) is 2.37. The van der Waals surface area contributed by atoms with Gasteiger partial charge in [0.05, 0.1) is 11.7 Å². The molecule has 3 nitrogen and oxygen atoms in total. The summed E-state index contributed by atoms with van der Waals surface area (Å²) in [5, 5.41) is 6.18. The molecule has 2 heterocycles. The van der Waals surface area contributed by atoms with Crippen molar-refractivity contribution in [1.29, 1.82) is 0 Å². The van der Waals surface area contributed by atoms with Crippen molar-refractivity contribution in [3.63, 3.8) is 0 Å². The molecule has 0 N–H and O–H groups in total. The van der Waals surface area contributed by atoms with E-state index in [9.17, 15) is 0 Å². The number of hydrogen-bond acceptors (Lipinski definition) is 4. The summed E-state index contributed by atoms with van der Waals surface area (Å²) in [7, 11) is 2.17. The van der Waals surface area contributed by atoms with Crippen molar-refractivity contribution in [3.8, 4) is 0 Å². The average molecular weight is 183 g/mol. The summed E-state index contributed by atoms with van der Waals surface area (Å²) in [5.41, 5.74) is 1.15. The average Bonchev–Trinajstić information content (AvgIpc) is 2.57. The highest BCUT2D eigenvalue weighted by atomic mass is 32.1. The molecule has 0 bridgehead atoms. The van der Waals surface area contributed by atoms with Gasteiger partial charge in [-0.25, -0.2) is 0 Å². The van der Waals surface area contributed by atoms with Crippen LogP contribution in [-0.2, 0) is 0 Å². The first kappa shape index (κ1) is 8.13. The molecule has 0 saturated carbocycles. The van der Waals surface area contributed by atoms with Crippen LogP contribution < -0.4 is 0 Å². The van der Waals surface area contributed by atoms with Gasteiger partial charge in [0.15, 0.2) is 0 Å². The van der Waals surface area contributed by atoms with Crippen molar-refractivity contribution in [2.75, 3.05) is 13.6 Å². The Labute approximate surface area is 76.6 Å². The van der Waals surface area contributed by atoms with Gasteiger partial charge in [0.2, 0.25) is 0 Å². The first-order valence-electron chi connectivity index (χ1n) is 4.35. The van der Waals surface area contributed by atoms with Crippen LogP contribution in [0.1, 0.15) is 31.0 Å². The van der Waals surface area contributed by atoms with Gasteiger partial charge in [-0.15, -0.1) is 5.10 Å². The van der Waals surface area contributed by atoms with Crippen LogP contribution in [0.5, 0.6) is 0 Å². The van der Waals surface area contributed by atoms with Crippen LogP contribution in [0.3, 0.4) is 0 Å². The maximum absolute atomic E-state index is 4.12. The fourth-order valence-corrected chi connectivity index (χ4v) is 2.27. The van der Waals surface area contributed by atoms with E-state index in [1.165, 1.54) is 37.3 Å². The van der Waals surface area contributed by atoms with Gasteiger partial charge in [0.25, 0.3) is 0 Å². The lowest BCUT2D eigenvalue weighted by Gasteiger charge is -2.30. The minimum atomic E-state index is 0.525. The van der Waals surface area contributed by atoms with Crippen LogP contribution in [0.2, 0.25) is 0 Å². The summed E-state index contributed by atoms with van der Waals surface area (Å²) in [4.78, 5) is 2.38. The lowest BCUT2D eigenvalue weighted by atomic mass is 10.0. The van der Waals surface area contributed by atoms with Crippen molar-refractivity contribution >= 4 is 11.5 Å². The molecule has 66 valence electrons. The zero-order chi connectivity index (χ0) is 8.39. The van der Waals surface area contributed by atoms with Crippen LogP contribution >= 0.6 is 11.5 Å². The molecule has 0 aromatic carbocycles. The Morgan fingerprint density at radius 2 is 2.50 bits per heavy atom. The summed E-state index contributed by atoms with van der Waals surface area (Å²) in [5.74, 6) is 0. The van der Waals surface area contributed by atoms with Gasteiger partial charge in [-0.05, 0) is 38.0 Å². The third-order valence-corrected chi connectivity index (χ3v) is 3.01. The molecule has 1 saturated heterocycles. The van der Waals surface area contributed by atoms with Gasteiger partial charge in [0.1, 0.15) is 0 Å². The summed E-state index contributed by atoms with van der Waals surface area (Å²) in [6, 6.07) is 0.525. The monoisotopic (exact) mass is 183 g/mol. The first-order valence-corrected chi connectivity index (χ1v) is 5.19. The van der Waals surface area contributed by atoms with Crippen LogP contribution in [0.4, 0.5) is 0 Å². The Bertz CT molecular complexity index is 234. The highest BCUT2D eigenvalue weighted by Gasteiger charge is 2.22. The van der Waals surface area contributed by atoms with Gasteiger partial charge in [-0.1, -0.05) is 10.9 Å². The lowest BCUT2D eigenvalue weighted by Crippen LogP contribution is -2.29. The zero-order valence-corrected chi connectivity index (χ0v) is 8.05. The van der Waals surface area contributed by atoms with E-state index in [1.54, 1.807) is 0 Å². The minimum Gasteiger partial charge on any atom is -0.298 e. The van der Waals surface area contributed by atoms with E-state index in [-0.39, 0.29) is 0 Å². The van der Waals surface area contributed by atoms with E-state index in [0.29, 0.717) is 6.04 Å². The van der Waals surface area contributed by atoms with E-state index >= 15 is 0 Å². The second-order valence-corrected chi connectivity index (χ2v) is 3.93. The molecule has 0 radical (unpaired) electrons. The SMILES string of the molecule is CN1CCCCC1c1csnn1. The highest BCUT2D eigenvalue weighted by Crippen LogP contribution is 2.28. The predicted octanol–water partition coefficient (Wildman–Crippen LogP) is 1.69. The summed E-state index contributed by atoms with van der Waals surface area (Å²) in [6.45, 7) is 1.20. The molecular formula is C8H13N3S. The summed E-state index contributed by atoms with van der Waals surface area (Å²) >= 11 is 1.45. The van der Waals surface area contributed by atoms with E-state index in [1.807, 2.05) is 0 Å². The largest absolute Gasteiger partial charge is 0.298 e. The fourth-order valence-electron chi connectivity index (χ4n) is 1.77. The number of rotatable bonds is 1. The van der Waals surface area contributed by atoms with Crippen molar-refractivity contribution in [2.45, 2.75) is 25.3 Å². The standard InChI is InChI=1S/C8H13N3S/c1-11-5-3-2-4-8(11)7-6-12-10-9-7/h6,8H,2-5H2,1H3. The van der Waals surface area contributed by atoms with Gasteiger partial charge < -0.3 is 0 Å². The summed E-state index contributed by atoms with van der Waals surface area (Å²) < 4.78 is 3.90. The second-order valence-electron chi connectivity index (χ2n) is 3.32. The normalized spacial score (nSPS) is 25.9. The summed E-state index contributed by atoms with van der Waals surface area (Å²) in [6.07, 6.45) is 3.89. The molecule has 1 aliphatic heterocycles. The fraction of sp³-hybridized carbons (Fsp3) is 0.750. The Morgan fingerprint density at radius 3 is 3.17 bits per heavy atom. The lowest BCUT2D eigenvalue weighted by molar-refractivity contribution is 0.183. The maximum Gasteiger partial charge on any atom is 0.0926 e. The molecule has 1 unspecified atom stereocenters. The molecule has 1 aromatic rings. The molecule has 1 aliphatic rings. The molecule has 0 spiro atoms. The molecule has 4 heteroatoms. The van der Waals surface area contributed by atoms with Gasteiger partial charge >= 0.3 is 0 Å². The maximum atomic E-state index is 4.12. The molecule has 2 rings (SSSR count). The van der Waals surface area contributed by atoms with E-state index < -0.39 is 0 Å². The topological polar surface area (TPSA) is 29.0 Å². The van der Waals surface area contributed by atoms with Gasteiger partial charge in [0, 0.05) is 5.38 Å². The minimum absolute atomic E-state index is 0.525. The van der Waals surface area contributed by atoms with Gasteiger partial charge in [-0.3, -0.25) is 4.90 Å². The van der Waals surface area contributed by atoms with Crippen molar-refractivity contribution in [3.05, 3.63) is 11.1 Å². The number of nitrogens with zero attached hydrogens (tertiary/aromatic N) is 3. The quantitative estimate of drug-likeness (QED) is 0.663. The molecule has 0 amide bonds. The van der Waals surface area contributed by atoms with Crippen molar-refractivity contribution in [2.24, 2.45) is 0 Å².